The Balaban J connectivity index is 1.35. The number of rotatable bonds is 8. The number of hydrogen-bond acceptors (Lipinski definition) is 8. The highest BCUT2D eigenvalue weighted by molar-refractivity contribution is 6.27. The molecular weight excluding hydrogens is 530 g/mol. The highest BCUT2D eigenvalue weighted by Gasteiger charge is 2.41. The van der Waals surface area contributed by atoms with Gasteiger partial charge in [0.25, 0.3) is 0 Å². The Hall–Kier alpha value is -3.53. The van der Waals surface area contributed by atoms with Crippen molar-refractivity contribution in [2.75, 3.05) is 53.4 Å². The SMILES string of the molecule is COC(=O)c1ccc(/C(C(C)=O)=C(/NC2CCC3C(CCN3C(=O)CN3CCN(C)CC3)N2)c2ccccc2)c(C)c1. The lowest BCUT2D eigenvalue weighted by Crippen LogP contribution is -2.57. The Morgan fingerprint density at radius 3 is 2.36 bits per heavy atom. The van der Waals surface area contributed by atoms with Gasteiger partial charge in [0.1, 0.15) is 0 Å². The van der Waals surface area contributed by atoms with E-state index >= 15 is 0 Å². The van der Waals surface area contributed by atoms with Crippen LogP contribution >= 0.6 is 0 Å². The number of amides is 1. The maximum Gasteiger partial charge on any atom is 0.337 e. The number of allylic oxidation sites excluding steroid dienone is 1. The Morgan fingerprint density at radius 1 is 0.952 bits per heavy atom. The minimum absolute atomic E-state index is 0.0573. The number of benzene rings is 2. The van der Waals surface area contributed by atoms with Crippen LogP contribution in [0.5, 0.6) is 0 Å². The van der Waals surface area contributed by atoms with Crippen LogP contribution in [0.3, 0.4) is 0 Å². The van der Waals surface area contributed by atoms with Gasteiger partial charge in [-0.2, -0.15) is 0 Å². The number of carbonyl (C=O) groups excluding carboxylic acids is 3. The molecule has 3 atom stereocenters. The molecule has 1 amide bonds. The van der Waals surface area contributed by atoms with Gasteiger partial charge in [-0.1, -0.05) is 36.4 Å². The Bertz CT molecular complexity index is 1340. The number of piperidine rings is 1. The number of methoxy groups -OCH3 is 1. The molecule has 3 aliphatic rings. The van der Waals surface area contributed by atoms with Crippen molar-refractivity contribution in [1.82, 2.24) is 25.3 Å². The van der Waals surface area contributed by atoms with Crippen LogP contribution in [-0.4, -0.2) is 104 Å². The maximum atomic E-state index is 13.3. The predicted molar refractivity (Wildman–Crippen MR) is 164 cm³/mol. The number of carbonyl (C=O) groups is 3. The average molecular weight is 574 g/mol. The number of likely N-dealkylation sites (N-methyl/N-ethyl adjacent to an activating group) is 1. The number of fused-ring (bicyclic) bond motifs is 1. The third kappa shape index (κ3) is 6.59. The van der Waals surface area contributed by atoms with E-state index in [1.165, 1.54) is 7.11 Å². The molecule has 3 unspecified atom stereocenters. The minimum atomic E-state index is -0.409. The number of likely N-dealkylation sites (tertiary alicyclic amines) is 1. The first kappa shape index (κ1) is 29.9. The van der Waals surface area contributed by atoms with Crippen LogP contribution in [0.25, 0.3) is 11.3 Å². The van der Waals surface area contributed by atoms with Crippen LogP contribution < -0.4 is 10.6 Å². The van der Waals surface area contributed by atoms with E-state index in [9.17, 15) is 14.4 Å². The van der Waals surface area contributed by atoms with E-state index in [1.54, 1.807) is 19.1 Å². The van der Waals surface area contributed by atoms with Crippen molar-refractivity contribution >= 4 is 28.9 Å². The number of aryl methyl sites for hydroxylation is 1. The van der Waals surface area contributed by atoms with Gasteiger partial charge in [-0.15, -0.1) is 0 Å². The minimum Gasteiger partial charge on any atom is -0.465 e. The molecule has 3 aliphatic heterocycles. The van der Waals surface area contributed by atoms with Crippen molar-refractivity contribution in [3.8, 4) is 0 Å². The van der Waals surface area contributed by atoms with Gasteiger partial charge in [-0.05, 0) is 69.0 Å². The van der Waals surface area contributed by atoms with E-state index in [0.29, 0.717) is 17.7 Å². The number of ether oxygens (including phenoxy) is 1. The molecule has 0 spiro atoms. The van der Waals surface area contributed by atoms with Crippen molar-refractivity contribution < 1.29 is 19.1 Å². The van der Waals surface area contributed by atoms with Gasteiger partial charge in [0.05, 0.1) is 31.1 Å². The van der Waals surface area contributed by atoms with Crippen molar-refractivity contribution in [1.29, 1.82) is 0 Å². The monoisotopic (exact) mass is 573 g/mol. The fourth-order valence-electron chi connectivity index (χ4n) is 6.56. The quantitative estimate of drug-likeness (QED) is 0.283. The van der Waals surface area contributed by atoms with Gasteiger partial charge >= 0.3 is 5.97 Å². The summed E-state index contributed by atoms with van der Waals surface area (Å²) in [5.74, 6) is -0.242. The van der Waals surface area contributed by atoms with Crippen LogP contribution in [-0.2, 0) is 14.3 Å². The summed E-state index contributed by atoms with van der Waals surface area (Å²) in [5.41, 5.74) is 4.29. The van der Waals surface area contributed by atoms with Gasteiger partial charge in [-0.25, -0.2) is 4.79 Å². The van der Waals surface area contributed by atoms with E-state index in [-0.39, 0.29) is 29.9 Å². The van der Waals surface area contributed by atoms with E-state index in [0.717, 1.165) is 74.4 Å². The van der Waals surface area contributed by atoms with E-state index in [2.05, 4.69) is 32.4 Å². The van der Waals surface area contributed by atoms with Crippen LogP contribution in [0.1, 0.15) is 53.2 Å². The second-order valence-electron chi connectivity index (χ2n) is 11.8. The molecule has 0 radical (unpaired) electrons. The number of piperazine rings is 1. The summed E-state index contributed by atoms with van der Waals surface area (Å²) in [7, 11) is 3.49. The number of Topliss-reactive ketones (excluding diaryl/α,β-unsaturated/α-hetero) is 1. The second kappa shape index (κ2) is 13.2. The third-order valence-corrected chi connectivity index (χ3v) is 8.89. The van der Waals surface area contributed by atoms with Crippen molar-refractivity contribution in [2.24, 2.45) is 0 Å². The van der Waals surface area contributed by atoms with E-state index < -0.39 is 5.97 Å². The molecule has 9 nitrogen and oxygen atoms in total. The van der Waals surface area contributed by atoms with Gasteiger partial charge in [0.15, 0.2) is 5.78 Å². The standard InChI is InChI=1S/C33H43N5O4/c1-22-20-25(33(41)42-4)10-11-26(22)31(23(2)39)32(24-8-6-5-7-9-24)35-29-13-12-28-27(34-29)14-15-38(28)30(40)21-37-18-16-36(3)17-19-37/h5-11,20,27-29,34-35H,12-19,21H2,1-4H3/b32-31+. The molecular formula is C33H43N5O4. The number of ketones is 1. The third-order valence-electron chi connectivity index (χ3n) is 8.89. The molecule has 3 heterocycles. The highest BCUT2D eigenvalue weighted by atomic mass is 16.5. The first-order valence-corrected chi connectivity index (χ1v) is 15.0. The zero-order valence-corrected chi connectivity index (χ0v) is 25.2. The summed E-state index contributed by atoms with van der Waals surface area (Å²) in [6.07, 6.45) is 2.57. The first-order valence-electron chi connectivity index (χ1n) is 15.0. The van der Waals surface area contributed by atoms with Gasteiger partial charge < -0.3 is 19.9 Å². The summed E-state index contributed by atoms with van der Waals surface area (Å²) < 4.78 is 4.89. The van der Waals surface area contributed by atoms with Gasteiger partial charge in [0.2, 0.25) is 5.91 Å². The molecule has 0 aromatic heterocycles. The summed E-state index contributed by atoms with van der Waals surface area (Å²) >= 11 is 0. The summed E-state index contributed by atoms with van der Waals surface area (Å²) in [5, 5.41) is 7.46. The molecule has 42 heavy (non-hydrogen) atoms. The van der Waals surface area contributed by atoms with Crippen molar-refractivity contribution in [3.63, 3.8) is 0 Å². The number of nitrogens with one attached hydrogen (secondary N) is 2. The largest absolute Gasteiger partial charge is 0.465 e. The smallest absolute Gasteiger partial charge is 0.337 e. The van der Waals surface area contributed by atoms with Crippen LogP contribution in [0.15, 0.2) is 48.5 Å². The van der Waals surface area contributed by atoms with E-state index in [4.69, 9.17) is 4.74 Å². The lowest BCUT2D eigenvalue weighted by Gasteiger charge is -2.39. The van der Waals surface area contributed by atoms with Crippen LogP contribution in [0.2, 0.25) is 0 Å². The highest BCUT2D eigenvalue weighted by Crippen LogP contribution is 2.32. The lowest BCUT2D eigenvalue weighted by molar-refractivity contribution is -0.134. The molecule has 0 aliphatic carbocycles. The normalized spacial score (nSPS) is 23.6. The fraction of sp³-hybridized carbons (Fsp3) is 0.485. The molecule has 2 aromatic rings. The van der Waals surface area contributed by atoms with Gasteiger partial charge in [-0.3, -0.25) is 19.8 Å². The molecule has 0 saturated carbocycles. The van der Waals surface area contributed by atoms with Gasteiger partial charge in [0, 0.05) is 50.4 Å². The molecule has 2 N–H and O–H groups in total. The van der Waals surface area contributed by atoms with Crippen molar-refractivity contribution in [2.45, 2.75) is 51.4 Å². The summed E-state index contributed by atoms with van der Waals surface area (Å²) in [4.78, 5) is 45.3. The lowest BCUT2D eigenvalue weighted by atomic mass is 9.91. The number of nitrogens with zero attached hydrogens (tertiary/aromatic N) is 3. The second-order valence-corrected chi connectivity index (χ2v) is 11.8. The van der Waals surface area contributed by atoms with Crippen LogP contribution in [0, 0.1) is 6.92 Å². The maximum absolute atomic E-state index is 13.3. The molecule has 0 bridgehead atoms. The summed E-state index contributed by atoms with van der Waals surface area (Å²) in [6, 6.07) is 15.6. The molecule has 5 rings (SSSR count). The summed E-state index contributed by atoms with van der Waals surface area (Å²) in [6.45, 7) is 8.63. The zero-order valence-electron chi connectivity index (χ0n) is 25.2. The molecule has 2 aromatic carbocycles. The molecule has 9 heteroatoms. The van der Waals surface area contributed by atoms with E-state index in [1.807, 2.05) is 43.3 Å². The van der Waals surface area contributed by atoms with Crippen molar-refractivity contribution in [3.05, 3.63) is 70.8 Å². The topological polar surface area (TPSA) is 94.2 Å². The van der Waals surface area contributed by atoms with Crippen LogP contribution in [0.4, 0.5) is 0 Å². The Morgan fingerprint density at radius 2 is 1.69 bits per heavy atom. The fourth-order valence-corrected chi connectivity index (χ4v) is 6.56. The number of esters is 1. The Kier molecular flexibility index (Phi) is 9.40. The first-order chi connectivity index (χ1) is 20.2. The molecule has 3 fully saturated rings. The average Bonchev–Trinajstić information content (AvgIpc) is 3.42. The molecule has 3 saturated heterocycles. The molecule has 224 valence electrons. The predicted octanol–water partition coefficient (Wildman–Crippen LogP) is 2.75. The number of hydrogen-bond donors (Lipinski definition) is 2. The zero-order chi connectivity index (χ0) is 29.8. The Labute approximate surface area is 248 Å².